The summed E-state index contributed by atoms with van der Waals surface area (Å²) in [6.07, 6.45) is -0.665. The van der Waals surface area contributed by atoms with Gasteiger partial charge in [0.15, 0.2) is 0 Å². The summed E-state index contributed by atoms with van der Waals surface area (Å²) < 4.78 is 39.1. The molecule has 0 bridgehead atoms. The van der Waals surface area contributed by atoms with Crippen LogP contribution < -0.4 is 0 Å². The average molecular weight is 261 g/mol. The Morgan fingerprint density at radius 2 is 1.72 bits per heavy atom. The molecule has 0 aliphatic heterocycles. The molecule has 0 spiro atoms. The van der Waals surface area contributed by atoms with Gasteiger partial charge in [-0.2, -0.15) is 0 Å². The van der Waals surface area contributed by atoms with E-state index in [1.807, 2.05) is 0 Å². The molecule has 0 aliphatic carbocycles. The second kappa shape index (κ2) is 5.52. The number of carboxylic acids is 1. The van der Waals surface area contributed by atoms with Gasteiger partial charge in [0.1, 0.15) is 24.0 Å². The molecular formula is C11H10F3NO3. The van der Waals surface area contributed by atoms with Gasteiger partial charge in [-0.1, -0.05) is 0 Å². The van der Waals surface area contributed by atoms with Crippen LogP contribution in [-0.2, 0) is 16.0 Å². The second-order valence-corrected chi connectivity index (χ2v) is 3.67. The van der Waals surface area contributed by atoms with E-state index in [0.717, 1.165) is 4.90 Å². The molecule has 0 unspecified atom stereocenters. The smallest absolute Gasteiger partial charge is 0.323 e. The van der Waals surface area contributed by atoms with Gasteiger partial charge < -0.3 is 10.0 Å². The van der Waals surface area contributed by atoms with Crippen molar-refractivity contribution in [3.63, 3.8) is 0 Å². The van der Waals surface area contributed by atoms with Crippen molar-refractivity contribution in [2.24, 2.45) is 0 Å². The van der Waals surface area contributed by atoms with E-state index in [2.05, 4.69) is 0 Å². The van der Waals surface area contributed by atoms with E-state index in [1.165, 1.54) is 7.05 Å². The van der Waals surface area contributed by atoms with Crippen LogP contribution in [0.4, 0.5) is 13.2 Å². The molecule has 1 aromatic carbocycles. The summed E-state index contributed by atoms with van der Waals surface area (Å²) in [5.74, 6) is -5.46. The monoisotopic (exact) mass is 261 g/mol. The van der Waals surface area contributed by atoms with E-state index in [4.69, 9.17) is 5.11 Å². The molecule has 98 valence electrons. The van der Waals surface area contributed by atoms with Crippen molar-refractivity contribution < 1.29 is 27.9 Å². The van der Waals surface area contributed by atoms with Gasteiger partial charge in [0.05, 0.1) is 6.42 Å². The molecule has 0 aliphatic rings. The van der Waals surface area contributed by atoms with E-state index < -0.39 is 47.9 Å². The number of rotatable bonds is 4. The highest BCUT2D eigenvalue weighted by atomic mass is 19.1. The van der Waals surface area contributed by atoms with Crippen molar-refractivity contribution in [3.8, 4) is 0 Å². The first-order valence-electron chi connectivity index (χ1n) is 4.90. The Morgan fingerprint density at radius 3 is 2.17 bits per heavy atom. The van der Waals surface area contributed by atoms with Gasteiger partial charge in [-0.05, 0) is 0 Å². The fourth-order valence-electron chi connectivity index (χ4n) is 1.32. The molecule has 7 heteroatoms. The van der Waals surface area contributed by atoms with Crippen LogP contribution in [0.3, 0.4) is 0 Å². The van der Waals surface area contributed by atoms with Crippen LogP contribution in [0.15, 0.2) is 12.1 Å². The molecule has 1 amide bonds. The lowest BCUT2D eigenvalue weighted by Gasteiger charge is -2.15. The fourth-order valence-corrected chi connectivity index (χ4v) is 1.32. The van der Waals surface area contributed by atoms with Gasteiger partial charge >= 0.3 is 5.97 Å². The van der Waals surface area contributed by atoms with E-state index >= 15 is 0 Å². The Labute approximate surface area is 101 Å². The summed E-state index contributed by atoms with van der Waals surface area (Å²) in [6, 6.07) is 0.922. The molecule has 0 heterocycles. The minimum Gasteiger partial charge on any atom is -0.480 e. The quantitative estimate of drug-likeness (QED) is 0.885. The lowest BCUT2D eigenvalue weighted by Crippen LogP contribution is -2.33. The first kappa shape index (κ1) is 14.0. The highest BCUT2D eigenvalue weighted by Crippen LogP contribution is 2.15. The molecule has 1 rings (SSSR count). The number of nitrogens with zero attached hydrogens (tertiary/aromatic N) is 1. The number of carbonyl (C=O) groups excluding carboxylic acids is 1. The first-order chi connectivity index (χ1) is 8.31. The van der Waals surface area contributed by atoms with Crippen molar-refractivity contribution in [3.05, 3.63) is 35.1 Å². The van der Waals surface area contributed by atoms with Crippen LogP contribution in [-0.4, -0.2) is 35.5 Å². The van der Waals surface area contributed by atoms with Crippen molar-refractivity contribution in [2.75, 3.05) is 13.6 Å². The normalized spacial score (nSPS) is 10.2. The number of likely N-dealkylation sites (N-methyl/N-ethyl adjacent to an activating group) is 1. The molecule has 0 fully saturated rings. The van der Waals surface area contributed by atoms with Crippen molar-refractivity contribution >= 4 is 11.9 Å². The van der Waals surface area contributed by atoms with Crippen LogP contribution in [0.1, 0.15) is 5.56 Å². The van der Waals surface area contributed by atoms with Gasteiger partial charge in [-0.15, -0.1) is 0 Å². The minimum absolute atomic E-state index is 0.461. The lowest BCUT2D eigenvalue weighted by atomic mass is 10.1. The maximum atomic E-state index is 13.2. The third-order valence-corrected chi connectivity index (χ3v) is 2.23. The Kier molecular flexibility index (Phi) is 4.30. The van der Waals surface area contributed by atoms with E-state index in [1.54, 1.807) is 0 Å². The van der Waals surface area contributed by atoms with Crippen LogP contribution >= 0.6 is 0 Å². The number of carbonyl (C=O) groups is 2. The zero-order valence-corrected chi connectivity index (χ0v) is 9.41. The SMILES string of the molecule is CN(CC(=O)O)C(=O)Cc1c(F)cc(F)cc1F. The number of aliphatic carboxylic acids is 1. The number of amides is 1. The summed E-state index contributed by atoms with van der Waals surface area (Å²) in [4.78, 5) is 22.6. The first-order valence-corrected chi connectivity index (χ1v) is 4.90. The van der Waals surface area contributed by atoms with Crippen LogP contribution in [0.5, 0.6) is 0 Å². The molecule has 0 atom stereocenters. The molecule has 0 aromatic heterocycles. The summed E-state index contributed by atoms with van der Waals surface area (Å²) in [5, 5.41) is 8.45. The maximum Gasteiger partial charge on any atom is 0.323 e. The second-order valence-electron chi connectivity index (χ2n) is 3.67. The Bertz CT molecular complexity index is 467. The summed E-state index contributed by atoms with van der Waals surface area (Å²) >= 11 is 0. The minimum atomic E-state index is -1.24. The summed E-state index contributed by atoms with van der Waals surface area (Å²) in [6.45, 7) is -0.580. The van der Waals surface area contributed by atoms with E-state index in [-0.39, 0.29) is 0 Å². The van der Waals surface area contributed by atoms with Crippen LogP contribution in [0.2, 0.25) is 0 Å². The van der Waals surface area contributed by atoms with Gasteiger partial charge in [-0.3, -0.25) is 9.59 Å². The number of carboxylic acid groups (broad SMARTS) is 1. The van der Waals surface area contributed by atoms with E-state index in [9.17, 15) is 22.8 Å². The molecule has 1 N–H and O–H groups in total. The predicted octanol–water partition coefficient (Wildman–Crippen LogP) is 1.19. The highest BCUT2D eigenvalue weighted by molar-refractivity contribution is 5.82. The molecule has 0 saturated carbocycles. The number of hydrogen-bond donors (Lipinski definition) is 1. The topological polar surface area (TPSA) is 57.6 Å². The molecule has 0 radical (unpaired) electrons. The van der Waals surface area contributed by atoms with Gasteiger partial charge in [0.2, 0.25) is 5.91 Å². The number of hydrogen-bond acceptors (Lipinski definition) is 2. The predicted molar refractivity (Wildman–Crippen MR) is 55.3 cm³/mol. The molecule has 0 saturated heterocycles. The lowest BCUT2D eigenvalue weighted by molar-refractivity contribution is -0.143. The Balaban J connectivity index is 2.85. The third-order valence-electron chi connectivity index (χ3n) is 2.23. The molecule has 18 heavy (non-hydrogen) atoms. The number of benzene rings is 1. The molecular weight excluding hydrogens is 251 g/mol. The standard InChI is InChI=1S/C11H10F3NO3/c1-15(5-11(17)18)10(16)4-7-8(13)2-6(12)3-9(7)14/h2-3H,4-5H2,1H3,(H,17,18). The third kappa shape index (κ3) is 3.47. The fraction of sp³-hybridized carbons (Fsp3) is 0.273. The highest BCUT2D eigenvalue weighted by Gasteiger charge is 2.18. The van der Waals surface area contributed by atoms with Gasteiger partial charge in [-0.25, -0.2) is 13.2 Å². The number of halogens is 3. The van der Waals surface area contributed by atoms with Crippen molar-refractivity contribution in [1.29, 1.82) is 0 Å². The largest absolute Gasteiger partial charge is 0.480 e. The summed E-state index contributed by atoms with van der Waals surface area (Å²) in [5.41, 5.74) is -0.585. The Morgan fingerprint density at radius 1 is 1.22 bits per heavy atom. The van der Waals surface area contributed by atoms with Gasteiger partial charge in [0, 0.05) is 24.7 Å². The molecule has 1 aromatic rings. The van der Waals surface area contributed by atoms with Crippen molar-refractivity contribution in [2.45, 2.75) is 6.42 Å². The Hall–Kier alpha value is -2.05. The van der Waals surface area contributed by atoms with Crippen molar-refractivity contribution in [1.82, 2.24) is 4.90 Å². The zero-order chi connectivity index (χ0) is 13.9. The maximum absolute atomic E-state index is 13.2. The average Bonchev–Trinajstić information content (AvgIpc) is 2.21. The molecule has 4 nitrogen and oxygen atoms in total. The summed E-state index contributed by atoms with van der Waals surface area (Å²) in [7, 11) is 1.19. The zero-order valence-electron chi connectivity index (χ0n) is 9.41. The van der Waals surface area contributed by atoms with Crippen LogP contribution in [0, 0.1) is 17.5 Å². The van der Waals surface area contributed by atoms with Crippen LogP contribution in [0.25, 0.3) is 0 Å². The van der Waals surface area contributed by atoms with E-state index in [0.29, 0.717) is 12.1 Å². The van der Waals surface area contributed by atoms with Gasteiger partial charge in [0.25, 0.3) is 0 Å².